The predicted molar refractivity (Wildman–Crippen MR) is 134 cm³/mol. The fourth-order valence-corrected chi connectivity index (χ4v) is 5.27. The Labute approximate surface area is 191 Å². The van der Waals surface area contributed by atoms with Gasteiger partial charge in [0, 0.05) is 43.6 Å². The summed E-state index contributed by atoms with van der Waals surface area (Å²) in [4.78, 5) is 25.5. The van der Waals surface area contributed by atoms with E-state index in [9.17, 15) is 4.79 Å². The molecular weight excluding hydrogens is 419 g/mol. The number of hydrogen-bond acceptors (Lipinski definition) is 5. The van der Waals surface area contributed by atoms with Crippen molar-refractivity contribution < 1.29 is 4.79 Å². The number of nitrogens with one attached hydrogen (secondary N) is 3. The quantitative estimate of drug-likeness (QED) is 0.522. The van der Waals surface area contributed by atoms with Crippen molar-refractivity contribution in [2.45, 2.75) is 51.1 Å². The second-order valence-electron chi connectivity index (χ2n) is 8.82. The van der Waals surface area contributed by atoms with E-state index in [4.69, 9.17) is 0 Å². The molecule has 1 aromatic carbocycles. The monoisotopic (exact) mass is 452 g/mol. The van der Waals surface area contributed by atoms with Crippen LogP contribution in [0.4, 0.5) is 11.5 Å². The topological polar surface area (TPSA) is 85.9 Å². The number of piperidine rings is 1. The van der Waals surface area contributed by atoms with E-state index in [-0.39, 0.29) is 5.91 Å². The van der Waals surface area contributed by atoms with Crippen LogP contribution in [0.25, 0.3) is 11.0 Å². The summed E-state index contributed by atoms with van der Waals surface area (Å²) in [6.07, 6.45) is 10.7. The predicted octanol–water partition coefficient (Wildman–Crippen LogP) is 3.94. The van der Waals surface area contributed by atoms with Crippen molar-refractivity contribution in [1.82, 2.24) is 25.2 Å². The number of nitrogens with zero attached hydrogens (tertiary/aromatic N) is 3. The number of carbonyl (C=O) groups is 1. The van der Waals surface area contributed by atoms with Gasteiger partial charge in [-0.3, -0.25) is 4.79 Å². The highest BCUT2D eigenvalue weighted by molar-refractivity contribution is 7.46. The molecule has 2 aromatic heterocycles. The van der Waals surface area contributed by atoms with Crippen molar-refractivity contribution in [3.8, 4) is 0 Å². The molecule has 32 heavy (non-hydrogen) atoms. The van der Waals surface area contributed by atoms with Crippen LogP contribution in [-0.4, -0.2) is 58.6 Å². The molecule has 7 nitrogen and oxygen atoms in total. The number of aromatic nitrogens is 3. The maximum atomic E-state index is 12.2. The molecule has 8 heteroatoms. The van der Waals surface area contributed by atoms with Crippen LogP contribution >= 0.6 is 8.58 Å². The lowest BCUT2D eigenvalue weighted by molar-refractivity contribution is 0.0827. The standard InChI is InChI=1S/C17H20N5OP.C7H13N/c1-10-8-18-15-14(10)16(20-9-19-15)21-12-6-5-11(7-13(12)24-4)17(23)22(2)3;1-2-6-4-5-7(3-1)8-6/h5-9,24H,1-4H3,(H2,18,19,20,21);6-8H,1-5H2/t;6-,7?/m.0/s1. The van der Waals surface area contributed by atoms with Crippen LogP contribution in [0.5, 0.6) is 0 Å². The first-order chi connectivity index (χ1) is 15.5. The van der Waals surface area contributed by atoms with Crippen LogP contribution in [0, 0.1) is 6.92 Å². The van der Waals surface area contributed by atoms with Gasteiger partial charge in [-0.2, -0.15) is 0 Å². The minimum absolute atomic E-state index is 0.00644. The molecule has 2 unspecified atom stereocenters. The molecule has 0 radical (unpaired) electrons. The first-order valence-electron chi connectivity index (χ1n) is 11.3. The first-order valence-corrected chi connectivity index (χ1v) is 12.8. The van der Waals surface area contributed by atoms with E-state index in [0.717, 1.165) is 45.5 Å². The molecule has 3 aromatic rings. The highest BCUT2D eigenvalue weighted by atomic mass is 31.1. The maximum absolute atomic E-state index is 12.2. The SMILES string of the molecule is C1CC2CC[C@H](C1)N2.CPc1cc(C(=O)N(C)C)ccc1Nc1ncnc2[nH]cc(C)c12. The molecule has 2 fully saturated rings. The lowest BCUT2D eigenvalue weighted by Gasteiger charge is -2.19. The average molecular weight is 453 g/mol. The van der Waals surface area contributed by atoms with Crippen LogP contribution in [-0.2, 0) is 0 Å². The summed E-state index contributed by atoms with van der Waals surface area (Å²) in [5.41, 5.74) is 3.56. The van der Waals surface area contributed by atoms with Crippen molar-refractivity contribution >= 4 is 42.3 Å². The van der Waals surface area contributed by atoms with E-state index in [1.54, 1.807) is 25.3 Å². The Morgan fingerprint density at radius 1 is 1.16 bits per heavy atom. The third-order valence-corrected chi connectivity index (χ3v) is 7.25. The number of fused-ring (bicyclic) bond motifs is 3. The Kier molecular flexibility index (Phi) is 7.07. The van der Waals surface area contributed by atoms with E-state index >= 15 is 0 Å². The molecule has 0 saturated carbocycles. The van der Waals surface area contributed by atoms with Gasteiger partial charge in [0.1, 0.15) is 17.8 Å². The number of aryl methyl sites for hydroxylation is 1. The smallest absolute Gasteiger partial charge is 0.253 e. The van der Waals surface area contributed by atoms with Gasteiger partial charge < -0.3 is 20.5 Å². The summed E-state index contributed by atoms with van der Waals surface area (Å²) in [6, 6.07) is 7.56. The number of anilines is 2. The third kappa shape index (κ3) is 4.94. The van der Waals surface area contributed by atoms with E-state index in [1.807, 2.05) is 31.3 Å². The van der Waals surface area contributed by atoms with Gasteiger partial charge in [-0.25, -0.2) is 9.97 Å². The molecule has 2 bridgehead atoms. The molecule has 0 aliphatic carbocycles. The molecule has 3 N–H and O–H groups in total. The molecular formula is C24H33N6OP. The van der Waals surface area contributed by atoms with Gasteiger partial charge in [-0.1, -0.05) is 15.0 Å². The largest absolute Gasteiger partial charge is 0.346 e. The lowest BCUT2D eigenvalue weighted by atomic mass is 10.1. The van der Waals surface area contributed by atoms with Crippen LogP contribution in [0.1, 0.15) is 48.0 Å². The van der Waals surface area contributed by atoms with Gasteiger partial charge in [-0.15, -0.1) is 0 Å². The Bertz CT molecular complexity index is 1080. The number of hydrogen-bond donors (Lipinski definition) is 3. The second kappa shape index (κ2) is 9.97. The third-order valence-electron chi connectivity index (χ3n) is 6.30. The summed E-state index contributed by atoms with van der Waals surface area (Å²) < 4.78 is 0. The Morgan fingerprint density at radius 3 is 2.56 bits per heavy atom. The number of carbonyl (C=O) groups excluding carboxylic acids is 1. The Hall–Kier alpha value is -2.50. The van der Waals surface area contributed by atoms with Gasteiger partial charge in [-0.05, 0) is 68.3 Å². The molecule has 4 heterocycles. The van der Waals surface area contributed by atoms with Crippen molar-refractivity contribution in [3.63, 3.8) is 0 Å². The minimum Gasteiger partial charge on any atom is -0.346 e. The van der Waals surface area contributed by atoms with Crippen molar-refractivity contribution in [2.24, 2.45) is 0 Å². The number of benzene rings is 1. The number of amides is 1. The normalized spacial score (nSPS) is 19.8. The Balaban J connectivity index is 0.000000254. The van der Waals surface area contributed by atoms with E-state index in [0.29, 0.717) is 14.1 Å². The van der Waals surface area contributed by atoms with Crippen molar-refractivity contribution in [2.75, 3.05) is 26.1 Å². The molecule has 3 atom stereocenters. The molecule has 2 aliphatic rings. The summed E-state index contributed by atoms with van der Waals surface area (Å²) in [7, 11) is 4.08. The van der Waals surface area contributed by atoms with Crippen LogP contribution in [0.15, 0.2) is 30.7 Å². The highest BCUT2D eigenvalue weighted by Gasteiger charge is 2.26. The van der Waals surface area contributed by atoms with Gasteiger partial charge in [0.2, 0.25) is 0 Å². The fourth-order valence-electron chi connectivity index (χ4n) is 4.56. The minimum atomic E-state index is 0.00644. The van der Waals surface area contributed by atoms with E-state index in [2.05, 4.69) is 32.3 Å². The van der Waals surface area contributed by atoms with Gasteiger partial charge in [0.15, 0.2) is 0 Å². The highest BCUT2D eigenvalue weighted by Crippen LogP contribution is 2.27. The molecule has 5 rings (SSSR count). The summed E-state index contributed by atoms with van der Waals surface area (Å²) in [6.45, 7) is 4.12. The number of aromatic amines is 1. The van der Waals surface area contributed by atoms with Crippen molar-refractivity contribution in [3.05, 3.63) is 41.9 Å². The van der Waals surface area contributed by atoms with E-state index in [1.165, 1.54) is 32.1 Å². The zero-order valence-electron chi connectivity index (χ0n) is 19.3. The zero-order chi connectivity index (χ0) is 22.7. The lowest BCUT2D eigenvalue weighted by Crippen LogP contribution is -2.33. The molecule has 2 aliphatic heterocycles. The number of H-pyrrole nitrogens is 1. The summed E-state index contributed by atoms with van der Waals surface area (Å²) in [5.74, 6) is 0.775. The molecule has 1 amide bonds. The maximum Gasteiger partial charge on any atom is 0.253 e. The van der Waals surface area contributed by atoms with E-state index < -0.39 is 0 Å². The van der Waals surface area contributed by atoms with Gasteiger partial charge >= 0.3 is 0 Å². The Morgan fingerprint density at radius 2 is 1.91 bits per heavy atom. The van der Waals surface area contributed by atoms with Crippen LogP contribution < -0.4 is 15.9 Å². The molecule has 2 saturated heterocycles. The fraction of sp³-hybridized carbons (Fsp3) is 0.458. The summed E-state index contributed by atoms with van der Waals surface area (Å²) in [5, 5.41) is 9.07. The zero-order valence-corrected chi connectivity index (χ0v) is 20.3. The first kappa shape index (κ1) is 22.7. The molecule has 0 spiro atoms. The van der Waals surface area contributed by atoms with Gasteiger partial charge in [0.25, 0.3) is 5.91 Å². The molecule has 170 valence electrons. The van der Waals surface area contributed by atoms with Gasteiger partial charge in [0.05, 0.1) is 5.39 Å². The average Bonchev–Trinajstić information content (AvgIpc) is 3.35. The number of rotatable bonds is 4. The second-order valence-corrected chi connectivity index (χ2v) is 9.86. The summed E-state index contributed by atoms with van der Waals surface area (Å²) >= 11 is 0. The van der Waals surface area contributed by atoms with Crippen LogP contribution in [0.2, 0.25) is 0 Å². The van der Waals surface area contributed by atoms with Crippen LogP contribution in [0.3, 0.4) is 0 Å². The van der Waals surface area contributed by atoms with Crippen molar-refractivity contribution in [1.29, 1.82) is 0 Å².